The number of aromatic nitrogens is 2. The number of aliphatic hydroxyl groups excluding tert-OH is 1. The average Bonchev–Trinajstić information content (AvgIpc) is 2.71. The fraction of sp³-hybridized carbons (Fsp3) is 0.100. The summed E-state index contributed by atoms with van der Waals surface area (Å²) in [4.78, 5) is 6.95. The molecule has 0 radical (unpaired) electrons. The first kappa shape index (κ1) is 8.01. The van der Waals surface area contributed by atoms with E-state index in [9.17, 15) is 0 Å². The van der Waals surface area contributed by atoms with Crippen LogP contribution < -0.4 is 0 Å². The van der Waals surface area contributed by atoms with Crippen molar-refractivity contribution in [3.63, 3.8) is 0 Å². The zero-order valence-electron chi connectivity index (χ0n) is 7.07. The van der Waals surface area contributed by atoms with Crippen LogP contribution >= 0.6 is 0 Å². The summed E-state index contributed by atoms with van der Waals surface area (Å²) in [6.07, 6.45) is 3.42. The fourth-order valence-electron chi connectivity index (χ4n) is 1.20. The summed E-state index contributed by atoms with van der Waals surface area (Å²) in [7, 11) is 0. The monoisotopic (exact) mass is 174 g/mol. The molecule has 1 aromatic carbocycles. The van der Waals surface area contributed by atoms with E-state index in [4.69, 9.17) is 5.11 Å². The van der Waals surface area contributed by atoms with E-state index in [1.165, 1.54) is 0 Å². The summed E-state index contributed by atoms with van der Waals surface area (Å²) in [5, 5.41) is 8.84. The number of imidazole rings is 1. The Morgan fingerprint density at radius 2 is 2.00 bits per heavy atom. The normalized spacial score (nSPS) is 10.2. The third-order valence-electron chi connectivity index (χ3n) is 1.95. The minimum Gasteiger partial charge on any atom is -0.392 e. The lowest BCUT2D eigenvalue weighted by Gasteiger charge is -1.98. The molecule has 0 atom stereocenters. The molecule has 2 N–H and O–H groups in total. The number of aliphatic hydroxyl groups is 1. The van der Waals surface area contributed by atoms with Crippen LogP contribution in [0.2, 0.25) is 0 Å². The lowest BCUT2D eigenvalue weighted by Crippen LogP contribution is -1.82. The van der Waals surface area contributed by atoms with Crippen molar-refractivity contribution in [3.05, 3.63) is 42.4 Å². The molecule has 2 aromatic rings. The molecule has 3 nitrogen and oxygen atoms in total. The summed E-state index contributed by atoms with van der Waals surface area (Å²) in [6.45, 7) is 0.0866. The molecule has 0 unspecified atom stereocenters. The van der Waals surface area contributed by atoms with E-state index in [2.05, 4.69) is 9.97 Å². The number of rotatable bonds is 2. The Hall–Kier alpha value is -1.61. The summed E-state index contributed by atoms with van der Waals surface area (Å²) < 4.78 is 0. The maximum Gasteiger partial charge on any atom is 0.0924 e. The van der Waals surface area contributed by atoms with Crippen LogP contribution in [0.5, 0.6) is 0 Å². The third-order valence-corrected chi connectivity index (χ3v) is 1.95. The molecule has 2 rings (SSSR count). The molecule has 0 amide bonds. The first-order valence-corrected chi connectivity index (χ1v) is 4.08. The number of hydrogen-bond donors (Lipinski definition) is 2. The quantitative estimate of drug-likeness (QED) is 0.726. The van der Waals surface area contributed by atoms with Gasteiger partial charge >= 0.3 is 0 Å². The van der Waals surface area contributed by atoms with Crippen molar-refractivity contribution in [1.29, 1.82) is 0 Å². The van der Waals surface area contributed by atoms with Gasteiger partial charge in [0.05, 0.1) is 24.8 Å². The largest absolute Gasteiger partial charge is 0.392 e. The van der Waals surface area contributed by atoms with E-state index in [0.717, 1.165) is 16.8 Å². The van der Waals surface area contributed by atoms with Crippen LogP contribution in [0.1, 0.15) is 5.56 Å². The van der Waals surface area contributed by atoms with Crippen molar-refractivity contribution in [2.75, 3.05) is 0 Å². The van der Waals surface area contributed by atoms with Crippen LogP contribution in [0, 0.1) is 0 Å². The maximum atomic E-state index is 8.84. The number of nitrogens with zero attached hydrogens (tertiary/aromatic N) is 1. The topological polar surface area (TPSA) is 48.9 Å². The van der Waals surface area contributed by atoms with Crippen LogP contribution in [-0.4, -0.2) is 15.1 Å². The number of benzene rings is 1. The first-order valence-electron chi connectivity index (χ1n) is 4.08. The van der Waals surface area contributed by atoms with Gasteiger partial charge in [0.15, 0.2) is 0 Å². The highest BCUT2D eigenvalue weighted by atomic mass is 16.3. The molecule has 0 aliphatic carbocycles. The van der Waals surface area contributed by atoms with Gasteiger partial charge in [0.2, 0.25) is 0 Å². The lowest BCUT2D eigenvalue weighted by atomic mass is 10.1. The van der Waals surface area contributed by atoms with E-state index in [1.54, 1.807) is 12.5 Å². The molecule has 13 heavy (non-hydrogen) atoms. The highest BCUT2D eigenvalue weighted by molar-refractivity contribution is 5.58. The number of H-pyrrole nitrogens is 1. The third kappa shape index (κ3) is 1.60. The molecule has 1 heterocycles. The van der Waals surface area contributed by atoms with Gasteiger partial charge in [0.1, 0.15) is 0 Å². The molecule has 0 saturated carbocycles. The van der Waals surface area contributed by atoms with Gasteiger partial charge in [0, 0.05) is 0 Å². The predicted molar refractivity (Wildman–Crippen MR) is 49.9 cm³/mol. The summed E-state index contributed by atoms with van der Waals surface area (Å²) >= 11 is 0. The zero-order valence-corrected chi connectivity index (χ0v) is 7.07. The molecular weight excluding hydrogens is 164 g/mol. The van der Waals surface area contributed by atoms with Gasteiger partial charge in [0.25, 0.3) is 0 Å². The highest BCUT2D eigenvalue weighted by Gasteiger charge is 1.97. The van der Waals surface area contributed by atoms with Crippen LogP contribution in [0.4, 0.5) is 0 Å². The smallest absolute Gasteiger partial charge is 0.0924 e. The average molecular weight is 174 g/mol. The van der Waals surface area contributed by atoms with E-state index in [0.29, 0.717) is 0 Å². The minimum absolute atomic E-state index is 0.0866. The molecule has 3 heteroatoms. The van der Waals surface area contributed by atoms with Crippen LogP contribution in [-0.2, 0) is 6.61 Å². The van der Waals surface area contributed by atoms with E-state index < -0.39 is 0 Å². The Morgan fingerprint density at radius 3 is 2.54 bits per heavy atom. The van der Waals surface area contributed by atoms with Crippen molar-refractivity contribution >= 4 is 0 Å². The lowest BCUT2D eigenvalue weighted by molar-refractivity contribution is 0.282. The molecule has 0 saturated heterocycles. The van der Waals surface area contributed by atoms with Gasteiger partial charge in [-0.3, -0.25) is 0 Å². The fourth-order valence-corrected chi connectivity index (χ4v) is 1.20. The number of aromatic amines is 1. The molecule has 0 bridgehead atoms. The van der Waals surface area contributed by atoms with Crippen molar-refractivity contribution in [2.24, 2.45) is 0 Å². The van der Waals surface area contributed by atoms with Crippen LogP contribution in [0.3, 0.4) is 0 Å². The van der Waals surface area contributed by atoms with E-state index in [-0.39, 0.29) is 6.61 Å². The van der Waals surface area contributed by atoms with Crippen molar-refractivity contribution in [3.8, 4) is 11.3 Å². The minimum atomic E-state index is 0.0866. The summed E-state index contributed by atoms with van der Waals surface area (Å²) in [5.74, 6) is 0. The molecule has 0 aliphatic heterocycles. The van der Waals surface area contributed by atoms with Gasteiger partial charge in [-0.2, -0.15) is 0 Å². The van der Waals surface area contributed by atoms with Crippen LogP contribution in [0.15, 0.2) is 36.8 Å². The van der Waals surface area contributed by atoms with Gasteiger partial charge in [-0.15, -0.1) is 0 Å². The van der Waals surface area contributed by atoms with Gasteiger partial charge in [-0.1, -0.05) is 24.3 Å². The van der Waals surface area contributed by atoms with Crippen molar-refractivity contribution < 1.29 is 5.11 Å². The van der Waals surface area contributed by atoms with Gasteiger partial charge < -0.3 is 10.1 Å². The Kier molecular flexibility index (Phi) is 2.10. The predicted octanol–water partition coefficient (Wildman–Crippen LogP) is 1.57. The summed E-state index contributed by atoms with van der Waals surface area (Å²) in [5.41, 5.74) is 2.99. The Labute approximate surface area is 76.1 Å². The van der Waals surface area contributed by atoms with Gasteiger partial charge in [-0.25, -0.2) is 4.98 Å². The first-order chi connectivity index (χ1) is 6.40. The van der Waals surface area contributed by atoms with Crippen LogP contribution in [0.25, 0.3) is 11.3 Å². The second kappa shape index (κ2) is 3.41. The Bertz CT molecular complexity index is 364. The molecule has 0 aliphatic rings. The second-order valence-corrected chi connectivity index (χ2v) is 2.82. The Balaban J connectivity index is 2.33. The van der Waals surface area contributed by atoms with Crippen molar-refractivity contribution in [1.82, 2.24) is 9.97 Å². The Morgan fingerprint density at radius 1 is 1.23 bits per heavy atom. The molecule has 0 fully saturated rings. The number of nitrogens with one attached hydrogen (secondary N) is 1. The molecular formula is C10H10N2O. The van der Waals surface area contributed by atoms with E-state index >= 15 is 0 Å². The van der Waals surface area contributed by atoms with E-state index in [1.807, 2.05) is 24.3 Å². The maximum absolute atomic E-state index is 8.84. The van der Waals surface area contributed by atoms with Crippen molar-refractivity contribution in [2.45, 2.75) is 6.61 Å². The molecule has 66 valence electrons. The summed E-state index contributed by atoms with van der Waals surface area (Å²) in [6, 6.07) is 7.71. The van der Waals surface area contributed by atoms with Gasteiger partial charge in [-0.05, 0) is 11.1 Å². The standard InChI is InChI=1S/C10H10N2O/c13-6-8-1-3-9(4-2-8)10-5-11-7-12-10/h1-5,7,13H,6H2,(H,11,12). The highest BCUT2D eigenvalue weighted by Crippen LogP contribution is 2.16. The zero-order chi connectivity index (χ0) is 9.10. The molecule has 1 aromatic heterocycles. The molecule has 0 spiro atoms. The number of hydrogen-bond acceptors (Lipinski definition) is 2. The second-order valence-electron chi connectivity index (χ2n) is 2.82. The SMILES string of the molecule is OCc1ccc(-c2cnc[nH]2)cc1.